The Hall–Kier alpha value is -2.38. The van der Waals surface area contributed by atoms with Gasteiger partial charge in [-0.1, -0.05) is 6.07 Å². The molecule has 2 aliphatic heterocycles. The van der Waals surface area contributed by atoms with E-state index in [1.165, 1.54) is 28.6 Å². The summed E-state index contributed by atoms with van der Waals surface area (Å²) >= 11 is 1.44. The summed E-state index contributed by atoms with van der Waals surface area (Å²) in [6, 6.07) is 6.24. The van der Waals surface area contributed by atoms with E-state index in [0.717, 1.165) is 17.7 Å². The van der Waals surface area contributed by atoms with Crippen LogP contribution in [0.3, 0.4) is 0 Å². The van der Waals surface area contributed by atoms with Crippen LogP contribution in [-0.4, -0.2) is 41.0 Å². The van der Waals surface area contributed by atoms with Gasteiger partial charge in [0.25, 0.3) is 5.91 Å². The molecule has 4 rings (SSSR count). The van der Waals surface area contributed by atoms with E-state index in [-0.39, 0.29) is 17.4 Å². The van der Waals surface area contributed by atoms with E-state index in [0.29, 0.717) is 13.2 Å². The Morgan fingerprint density at radius 1 is 1.36 bits per heavy atom. The molecule has 25 heavy (non-hydrogen) atoms. The molecular formula is C18H17NO5S. The summed E-state index contributed by atoms with van der Waals surface area (Å²) < 4.78 is 10.8. The number of furan rings is 1. The Labute approximate surface area is 148 Å². The van der Waals surface area contributed by atoms with Gasteiger partial charge in [-0.05, 0) is 36.4 Å². The minimum absolute atomic E-state index is 0.0698. The number of hydrogen-bond acceptors (Lipinski definition) is 6. The van der Waals surface area contributed by atoms with Gasteiger partial charge in [-0.2, -0.15) is 0 Å². The van der Waals surface area contributed by atoms with E-state index in [1.807, 2.05) is 17.5 Å². The Kier molecular flexibility index (Phi) is 4.19. The summed E-state index contributed by atoms with van der Waals surface area (Å²) in [5.74, 6) is -1.40. The van der Waals surface area contributed by atoms with Crippen LogP contribution in [0.1, 0.15) is 34.3 Å². The maximum absolute atomic E-state index is 12.8. The van der Waals surface area contributed by atoms with E-state index in [4.69, 9.17) is 9.15 Å². The largest absolute Gasteiger partial charge is 0.503 e. The van der Waals surface area contributed by atoms with Gasteiger partial charge in [0.05, 0.1) is 24.0 Å². The quantitative estimate of drug-likeness (QED) is 0.830. The number of Topliss-reactive ketones (excluding diaryl/α,β-unsaturated/α-hetero) is 1. The lowest BCUT2D eigenvalue weighted by Gasteiger charge is -2.27. The van der Waals surface area contributed by atoms with Crippen molar-refractivity contribution >= 4 is 23.0 Å². The molecular weight excluding hydrogens is 342 g/mol. The minimum atomic E-state index is -0.616. The van der Waals surface area contributed by atoms with Crippen molar-refractivity contribution in [2.45, 2.75) is 25.0 Å². The standard InChI is InChI=1S/C18H17NO5S/c20-16(12-5-2-8-24-12)14-15(13-6-3-9-25-13)19(18(22)17(14)21)10-11-4-1-7-23-11/h2-3,5-6,8-9,11,15,21H,1,4,7,10H2. The van der Waals surface area contributed by atoms with Crippen molar-refractivity contribution < 1.29 is 23.8 Å². The topological polar surface area (TPSA) is 80.0 Å². The third kappa shape index (κ3) is 2.79. The number of rotatable bonds is 5. The zero-order chi connectivity index (χ0) is 17.4. The van der Waals surface area contributed by atoms with Gasteiger partial charge in [0, 0.05) is 18.0 Å². The Bertz CT molecular complexity index is 803. The second-order valence-electron chi connectivity index (χ2n) is 6.08. The van der Waals surface area contributed by atoms with Crippen molar-refractivity contribution in [2.75, 3.05) is 13.2 Å². The molecule has 0 radical (unpaired) electrons. The molecule has 1 fully saturated rings. The number of nitrogens with zero attached hydrogens (tertiary/aromatic N) is 1. The molecule has 2 aromatic heterocycles. The monoisotopic (exact) mass is 359 g/mol. The number of ketones is 1. The van der Waals surface area contributed by atoms with Crippen LogP contribution in [0.15, 0.2) is 51.7 Å². The summed E-state index contributed by atoms with van der Waals surface area (Å²) in [4.78, 5) is 27.9. The molecule has 2 atom stereocenters. The highest BCUT2D eigenvalue weighted by Gasteiger charge is 2.45. The summed E-state index contributed by atoms with van der Waals surface area (Å²) in [6.45, 7) is 1.02. The van der Waals surface area contributed by atoms with Gasteiger partial charge in [-0.3, -0.25) is 9.59 Å². The molecule has 4 heterocycles. The second-order valence-corrected chi connectivity index (χ2v) is 7.06. The Morgan fingerprint density at radius 2 is 2.24 bits per heavy atom. The number of carbonyl (C=O) groups is 2. The van der Waals surface area contributed by atoms with Crippen molar-refractivity contribution in [3.05, 3.63) is 57.9 Å². The van der Waals surface area contributed by atoms with E-state index in [2.05, 4.69) is 0 Å². The molecule has 2 aliphatic rings. The minimum Gasteiger partial charge on any atom is -0.503 e. The van der Waals surface area contributed by atoms with Crippen molar-refractivity contribution in [3.8, 4) is 0 Å². The highest BCUT2D eigenvalue weighted by molar-refractivity contribution is 7.10. The molecule has 1 saturated heterocycles. The molecule has 0 spiro atoms. The van der Waals surface area contributed by atoms with Gasteiger partial charge in [0.1, 0.15) is 0 Å². The summed E-state index contributed by atoms with van der Waals surface area (Å²) in [7, 11) is 0. The average Bonchev–Trinajstić information content (AvgIpc) is 3.39. The first-order valence-corrected chi connectivity index (χ1v) is 9.02. The predicted molar refractivity (Wildman–Crippen MR) is 90.4 cm³/mol. The molecule has 130 valence electrons. The van der Waals surface area contributed by atoms with Crippen LogP contribution in [0.2, 0.25) is 0 Å². The smallest absolute Gasteiger partial charge is 0.290 e. The first-order chi connectivity index (χ1) is 12.2. The molecule has 6 nitrogen and oxygen atoms in total. The van der Waals surface area contributed by atoms with Crippen LogP contribution in [0, 0.1) is 0 Å². The summed E-state index contributed by atoms with van der Waals surface area (Å²) in [5, 5.41) is 12.3. The third-order valence-electron chi connectivity index (χ3n) is 4.53. The maximum atomic E-state index is 12.8. The molecule has 1 amide bonds. The molecule has 2 aromatic rings. The number of thiophene rings is 1. The molecule has 0 aliphatic carbocycles. The highest BCUT2D eigenvalue weighted by Crippen LogP contribution is 2.41. The average molecular weight is 359 g/mol. The van der Waals surface area contributed by atoms with Gasteiger partial charge in [0.15, 0.2) is 11.5 Å². The molecule has 2 unspecified atom stereocenters. The Balaban J connectivity index is 1.72. The van der Waals surface area contributed by atoms with Crippen molar-refractivity contribution in [2.24, 2.45) is 0 Å². The zero-order valence-corrected chi connectivity index (χ0v) is 14.2. The van der Waals surface area contributed by atoms with E-state index < -0.39 is 23.5 Å². The van der Waals surface area contributed by atoms with Crippen LogP contribution >= 0.6 is 11.3 Å². The van der Waals surface area contributed by atoms with Gasteiger partial charge >= 0.3 is 0 Å². The van der Waals surface area contributed by atoms with Crippen LogP contribution in [0.4, 0.5) is 0 Å². The number of amides is 1. The normalized spacial score (nSPS) is 23.7. The second kappa shape index (κ2) is 6.50. The lowest BCUT2D eigenvalue weighted by molar-refractivity contribution is -0.130. The van der Waals surface area contributed by atoms with Crippen molar-refractivity contribution in [1.82, 2.24) is 4.90 Å². The third-order valence-corrected chi connectivity index (χ3v) is 5.45. The van der Waals surface area contributed by atoms with E-state index in [9.17, 15) is 14.7 Å². The predicted octanol–water partition coefficient (Wildman–Crippen LogP) is 3.10. The first kappa shape index (κ1) is 16.1. The number of carbonyl (C=O) groups excluding carboxylic acids is 2. The van der Waals surface area contributed by atoms with Crippen LogP contribution < -0.4 is 0 Å². The number of hydrogen-bond donors (Lipinski definition) is 1. The number of aliphatic hydroxyl groups excluding tert-OH is 1. The molecule has 7 heteroatoms. The lowest BCUT2D eigenvalue weighted by Crippen LogP contribution is -2.37. The molecule has 0 aromatic carbocycles. The van der Waals surface area contributed by atoms with Gasteiger partial charge < -0.3 is 19.2 Å². The number of aliphatic hydroxyl groups is 1. The molecule has 0 saturated carbocycles. The van der Waals surface area contributed by atoms with Gasteiger partial charge in [-0.15, -0.1) is 11.3 Å². The fourth-order valence-corrected chi connectivity index (χ4v) is 4.21. The van der Waals surface area contributed by atoms with Gasteiger partial charge in [-0.25, -0.2) is 0 Å². The van der Waals surface area contributed by atoms with Crippen molar-refractivity contribution in [1.29, 1.82) is 0 Å². The SMILES string of the molecule is O=C(C1=C(O)C(=O)N(CC2CCCO2)C1c1cccs1)c1ccco1. The fraction of sp³-hybridized carbons (Fsp3) is 0.333. The summed E-state index contributed by atoms with van der Waals surface area (Å²) in [5.41, 5.74) is 0.0698. The number of ether oxygens (including phenoxy) is 1. The zero-order valence-electron chi connectivity index (χ0n) is 13.4. The van der Waals surface area contributed by atoms with Gasteiger partial charge in [0.2, 0.25) is 5.78 Å². The highest BCUT2D eigenvalue weighted by atomic mass is 32.1. The van der Waals surface area contributed by atoms with E-state index in [1.54, 1.807) is 6.07 Å². The van der Waals surface area contributed by atoms with E-state index >= 15 is 0 Å². The summed E-state index contributed by atoms with van der Waals surface area (Å²) in [6.07, 6.45) is 3.14. The van der Waals surface area contributed by atoms with Crippen LogP contribution in [0.25, 0.3) is 0 Å². The van der Waals surface area contributed by atoms with Crippen molar-refractivity contribution in [3.63, 3.8) is 0 Å². The molecule has 1 N–H and O–H groups in total. The Morgan fingerprint density at radius 3 is 2.88 bits per heavy atom. The van der Waals surface area contributed by atoms with Crippen LogP contribution in [-0.2, 0) is 9.53 Å². The fourth-order valence-electron chi connectivity index (χ4n) is 3.36. The lowest BCUT2D eigenvalue weighted by atomic mass is 10.00. The molecule has 0 bridgehead atoms. The maximum Gasteiger partial charge on any atom is 0.290 e. The van der Waals surface area contributed by atoms with Crippen LogP contribution in [0.5, 0.6) is 0 Å². The first-order valence-electron chi connectivity index (χ1n) is 8.14.